The van der Waals surface area contributed by atoms with Gasteiger partial charge in [0.2, 0.25) is 0 Å². The van der Waals surface area contributed by atoms with Gasteiger partial charge in [0.15, 0.2) is 5.78 Å². The van der Waals surface area contributed by atoms with Gasteiger partial charge in [-0.25, -0.2) is 4.39 Å². The second-order valence-corrected chi connectivity index (χ2v) is 4.84. The zero-order chi connectivity index (χ0) is 13.7. The minimum Gasteiger partial charge on any atom is -0.486 e. The Balaban J connectivity index is 1.89. The molecule has 2 rings (SSSR count). The number of Topliss-reactive ketones (excluding diaryl/α,β-unsaturated/α-hetero) is 1. The van der Waals surface area contributed by atoms with Crippen molar-refractivity contribution in [2.75, 3.05) is 6.61 Å². The fourth-order valence-corrected chi connectivity index (χ4v) is 2.37. The minimum absolute atomic E-state index is 0.0179. The Kier molecular flexibility index (Phi) is 4.51. The summed E-state index contributed by atoms with van der Waals surface area (Å²) in [6.45, 7) is -0.0179. The normalized spacial score (nSPS) is 15.8. The molecule has 1 aromatic rings. The molecule has 1 saturated carbocycles. The van der Waals surface area contributed by atoms with E-state index in [2.05, 4.69) is 0 Å². The van der Waals surface area contributed by atoms with E-state index in [0.29, 0.717) is 5.75 Å². The molecule has 0 spiro atoms. The van der Waals surface area contributed by atoms with E-state index in [1.165, 1.54) is 18.6 Å². The SMILES string of the molecule is N#Cc1ccc(OCC(=O)C2CCCCC2)cc1F. The third-order valence-electron chi connectivity index (χ3n) is 3.50. The minimum atomic E-state index is -0.620. The number of nitrogens with zero attached hydrogens (tertiary/aromatic N) is 1. The number of benzene rings is 1. The first-order valence-corrected chi connectivity index (χ1v) is 6.56. The Morgan fingerprint density at radius 3 is 2.74 bits per heavy atom. The Labute approximate surface area is 112 Å². The van der Waals surface area contributed by atoms with Gasteiger partial charge < -0.3 is 4.74 Å². The number of ketones is 1. The van der Waals surface area contributed by atoms with Crippen LogP contribution >= 0.6 is 0 Å². The lowest BCUT2D eigenvalue weighted by atomic mass is 9.86. The van der Waals surface area contributed by atoms with Crippen molar-refractivity contribution < 1.29 is 13.9 Å². The summed E-state index contributed by atoms with van der Waals surface area (Å²) in [5.41, 5.74) is -0.0223. The zero-order valence-corrected chi connectivity index (χ0v) is 10.7. The summed E-state index contributed by atoms with van der Waals surface area (Å²) in [7, 11) is 0. The van der Waals surface area contributed by atoms with Crippen molar-refractivity contribution in [2.45, 2.75) is 32.1 Å². The molecule has 0 N–H and O–H groups in total. The number of halogens is 1. The molecule has 0 saturated heterocycles. The summed E-state index contributed by atoms with van der Waals surface area (Å²) in [5.74, 6) is -0.146. The van der Waals surface area contributed by atoms with E-state index >= 15 is 0 Å². The molecular weight excluding hydrogens is 245 g/mol. The van der Waals surface area contributed by atoms with Crippen molar-refractivity contribution in [3.8, 4) is 11.8 Å². The number of hydrogen-bond donors (Lipinski definition) is 0. The summed E-state index contributed by atoms with van der Waals surface area (Å²) < 4.78 is 18.6. The first-order chi connectivity index (χ1) is 9.20. The lowest BCUT2D eigenvalue weighted by Gasteiger charge is -2.20. The predicted octanol–water partition coefficient (Wildman–Crippen LogP) is 3.23. The largest absolute Gasteiger partial charge is 0.486 e. The van der Waals surface area contributed by atoms with Crippen molar-refractivity contribution in [1.82, 2.24) is 0 Å². The Hall–Kier alpha value is -1.89. The summed E-state index contributed by atoms with van der Waals surface area (Å²) in [4.78, 5) is 11.9. The van der Waals surface area contributed by atoms with Gasteiger partial charge in [-0.15, -0.1) is 0 Å². The molecule has 0 aromatic heterocycles. The average molecular weight is 261 g/mol. The van der Waals surface area contributed by atoms with Gasteiger partial charge in [-0.1, -0.05) is 19.3 Å². The third-order valence-corrected chi connectivity index (χ3v) is 3.50. The van der Waals surface area contributed by atoms with Gasteiger partial charge in [-0.05, 0) is 25.0 Å². The number of carbonyl (C=O) groups is 1. The van der Waals surface area contributed by atoms with E-state index in [1.807, 2.05) is 0 Å². The molecular formula is C15H16FNO2. The fourth-order valence-electron chi connectivity index (χ4n) is 2.37. The standard InChI is InChI=1S/C15H16FNO2/c16-14-8-13(7-6-12(14)9-17)19-10-15(18)11-4-2-1-3-5-11/h6-8,11H,1-5,10H2. The highest BCUT2D eigenvalue weighted by Gasteiger charge is 2.21. The van der Waals surface area contributed by atoms with Crippen molar-refractivity contribution in [1.29, 1.82) is 5.26 Å². The maximum absolute atomic E-state index is 13.3. The first-order valence-electron chi connectivity index (χ1n) is 6.56. The van der Waals surface area contributed by atoms with Crippen LogP contribution in [0.15, 0.2) is 18.2 Å². The highest BCUT2D eigenvalue weighted by Crippen LogP contribution is 2.24. The van der Waals surface area contributed by atoms with Gasteiger partial charge in [0.05, 0.1) is 5.56 Å². The quantitative estimate of drug-likeness (QED) is 0.836. The zero-order valence-electron chi connectivity index (χ0n) is 10.7. The van der Waals surface area contributed by atoms with Crippen LogP contribution in [0, 0.1) is 23.1 Å². The predicted molar refractivity (Wildman–Crippen MR) is 68.2 cm³/mol. The number of ether oxygens (including phenoxy) is 1. The average Bonchev–Trinajstić information content (AvgIpc) is 2.46. The molecule has 4 heteroatoms. The molecule has 0 amide bonds. The highest BCUT2D eigenvalue weighted by molar-refractivity contribution is 5.82. The number of hydrogen-bond acceptors (Lipinski definition) is 3. The van der Waals surface area contributed by atoms with E-state index in [1.54, 1.807) is 6.07 Å². The van der Waals surface area contributed by atoms with Gasteiger partial charge in [-0.3, -0.25) is 4.79 Å². The van der Waals surface area contributed by atoms with E-state index in [-0.39, 0.29) is 23.9 Å². The second-order valence-electron chi connectivity index (χ2n) is 4.84. The van der Waals surface area contributed by atoms with Crippen LogP contribution in [0.3, 0.4) is 0 Å². The molecule has 0 radical (unpaired) electrons. The number of carbonyl (C=O) groups excluding carboxylic acids is 1. The smallest absolute Gasteiger partial charge is 0.173 e. The third kappa shape index (κ3) is 3.54. The van der Waals surface area contributed by atoms with Crippen molar-refractivity contribution >= 4 is 5.78 Å². The maximum Gasteiger partial charge on any atom is 0.173 e. The van der Waals surface area contributed by atoms with Crippen LogP contribution in [0.1, 0.15) is 37.7 Å². The summed E-state index contributed by atoms with van der Waals surface area (Å²) >= 11 is 0. The van der Waals surface area contributed by atoms with E-state index in [4.69, 9.17) is 10.00 Å². The summed E-state index contributed by atoms with van der Waals surface area (Å²) in [5, 5.41) is 8.61. The molecule has 0 aliphatic heterocycles. The molecule has 0 heterocycles. The molecule has 1 aliphatic carbocycles. The lowest BCUT2D eigenvalue weighted by Crippen LogP contribution is -2.23. The van der Waals surface area contributed by atoms with Crippen molar-refractivity contribution in [3.05, 3.63) is 29.6 Å². The highest BCUT2D eigenvalue weighted by atomic mass is 19.1. The van der Waals surface area contributed by atoms with Crippen LogP contribution in [-0.4, -0.2) is 12.4 Å². The molecule has 3 nitrogen and oxygen atoms in total. The fraction of sp³-hybridized carbons (Fsp3) is 0.467. The van der Waals surface area contributed by atoms with Crippen LogP contribution in [0.4, 0.5) is 4.39 Å². The van der Waals surface area contributed by atoms with Gasteiger partial charge >= 0.3 is 0 Å². The number of rotatable bonds is 4. The van der Waals surface area contributed by atoms with Crippen LogP contribution in [-0.2, 0) is 4.79 Å². The van der Waals surface area contributed by atoms with Gasteiger partial charge in [0.1, 0.15) is 24.2 Å². The Morgan fingerprint density at radius 2 is 2.11 bits per heavy atom. The van der Waals surface area contributed by atoms with Gasteiger partial charge in [0, 0.05) is 12.0 Å². The van der Waals surface area contributed by atoms with E-state index < -0.39 is 5.82 Å². The maximum atomic E-state index is 13.3. The van der Waals surface area contributed by atoms with Crippen molar-refractivity contribution in [2.24, 2.45) is 5.92 Å². The van der Waals surface area contributed by atoms with Crippen molar-refractivity contribution in [3.63, 3.8) is 0 Å². The summed E-state index contributed by atoms with van der Waals surface area (Å²) in [6.07, 6.45) is 5.27. The second kappa shape index (κ2) is 6.33. The monoisotopic (exact) mass is 261 g/mol. The van der Waals surface area contributed by atoms with Crippen LogP contribution in [0.2, 0.25) is 0 Å². The topological polar surface area (TPSA) is 50.1 Å². The summed E-state index contributed by atoms with van der Waals surface area (Å²) in [6, 6.07) is 5.75. The molecule has 19 heavy (non-hydrogen) atoms. The molecule has 1 aliphatic rings. The lowest BCUT2D eigenvalue weighted by molar-refractivity contribution is -0.125. The molecule has 100 valence electrons. The molecule has 0 atom stereocenters. The molecule has 1 fully saturated rings. The molecule has 1 aromatic carbocycles. The molecule has 0 unspecified atom stereocenters. The molecule has 0 bridgehead atoms. The Morgan fingerprint density at radius 1 is 1.37 bits per heavy atom. The van der Waals surface area contributed by atoms with Gasteiger partial charge in [0.25, 0.3) is 0 Å². The van der Waals surface area contributed by atoms with Crippen LogP contribution in [0.5, 0.6) is 5.75 Å². The Bertz CT molecular complexity index is 501. The van der Waals surface area contributed by atoms with Crippen LogP contribution in [0.25, 0.3) is 0 Å². The van der Waals surface area contributed by atoms with E-state index in [0.717, 1.165) is 31.7 Å². The number of nitriles is 1. The van der Waals surface area contributed by atoms with Gasteiger partial charge in [-0.2, -0.15) is 5.26 Å². The van der Waals surface area contributed by atoms with E-state index in [9.17, 15) is 9.18 Å². The first kappa shape index (κ1) is 13.5. The van der Waals surface area contributed by atoms with Crippen LogP contribution < -0.4 is 4.74 Å².